The van der Waals surface area contributed by atoms with E-state index in [1.165, 1.54) is 6.07 Å². The normalized spacial score (nSPS) is 10.4. The largest absolute Gasteiger partial charge is 0.488 e. The number of hydrogen-bond acceptors (Lipinski definition) is 2. The van der Waals surface area contributed by atoms with Gasteiger partial charge in [0.15, 0.2) is 0 Å². The second kappa shape index (κ2) is 5.29. The summed E-state index contributed by atoms with van der Waals surface area (Å²) in [4.78, 5) is 1.09. The van der Waals surface area contributed by atoms with E-state index in [0.717, 1.165) is 8.66 Å². The lowest BCUT2D eigenvalue weighted by Gasteiger charge is -2.04. The van der Waals surface area contributed by atoms with Gasteiger partial charge in [0.25, 0.3) is 0 Å². The molecule has 2 aromatic rings. The topological polar surface area (TPSA) is 9.23 Å². The molecule has 0 radical (unpaired) electrons. The predicted molar refractivity (Wildman–Crippen MR) is 70.5 cm³/mol. The summed E-state index contributed by atoms with van der Waals surface area (Å²) < 4.78 is 20.2. The van der Waals surface area contributed by atoms with Crippen LogP contribution < -0.4 is 4.74 Å². The van der Waals surface area contributed by atoms with E-state index in [4.69, 9.17) is 4.74 Å². The van der Waals surface area contributed by atoms with Crippen molar-refractivity contribution in [1.82, 2.24) is 0 Å². The average Bonchev–Trinajstić information content (AvgIpc) is 2.66. The first-order valence-electron chi connectivity index (χ1n) is 4.47. The Balaban J connectivity index is 2.02. The van der Waals surface area contributed by atoms with E-state index < -0.39 is 0 Å². The van der Waals surface area contributed by atoms with Gasteiger partial charge in [0.05, 0.1) is 8.26 Å². The van der Waals surface area contributed by atoms with Gasteiger partial charge < -0.3 is 4.74 Å². The van der Waals surface area contributed by atoms with Gasteiger partial charge >= 0.3 is 0 Å². The maximum atomic E-state index is 13.2. The number of ether oxygens (including phenoxy) is 1. The lowest BCUT2D eigenvalue weighted by atomic mass is 10.3. The van der Waals surface area contributed by atoms with Crippen molar-refractivity contribution < 1.29 is 9.13 Å². The molecule has 0 N–H and O–H groups in total. The summed E-state index contributed by atoms with van der Waals surface area (Å²) in [6, 6.07) is 8.67. The number of hydrogen-bond donors (Lipinski definition) is 0. The standard InChI is InChI=1S/C11H7Br2FOS/c12-9-3-1-7(5-10(9)14)15-6-8-2-4-11(13)16-8/h1-5H,6H2. The minimum atomic E-state index is -0.315. The summed E-state index contributed by atoms with van der Waals surface area (Å²) in [7, 11) is 0. The second-order valence-corrected chi connectivity index (χ2v) is 6.47. The molecule has 1 heterocycles. The van der Waals surface area contributed by atoms with Crippen molar-refractivity contribution >= 4 is 43.2 Å². The summed E-state index contributed by atoms with van der Waals surface area (Å²) in [6.07, 6.45) is 0. The third-order valence-corrected chi connectivity index (χ3v) is 4.14. The zero-order valence-electron chi connectivity index (χ0n) is 8.04. The Morgan fingerprint density at radius 3 is 2.62 bits per heavy atom. The van der Waals surface area contributed by atoms with Crippen LogP contribution in [0, 0.1) is 5.82 Å². The maximum Gasteiger partial charge on any atom is 0.141 e. The molecule has 0 spiro atoms. The summed E-state index contributed by atoms with van der Waals surface area (Å²) in [5, 5.41) is 0. The molecular formula is C11H7Br2FOS. The van der Waals surface area contributed by atoms with Crippen LogP contribution in [-0.2, 0) is 6.61 Å². The molecule has 0 aliphatic carbocycles. The predicted octanol–water partition coefficient (Wildman–Crippen LogP) is 4.99. The first kappa shape index (κ1) is 12.1. The second-order valence-electron chi connectivity index (χ2n) is 3.07. The van der Waals surface area contributed by atoms with Gasteiger partial charge in [0.2, 0.25) is 0 Å². The van der Waals surface area contributed by atoms with Gasteiger partial charge in [-0.15, -0.1) is 11.3 Å². The van der Waals surface area contributed by atoms with E-state index >= 15 is 0 Å². The highest BCUT2D eigenvalue weighted by molar-refractivity contribution is 9.11. The summed E-state index contributed by atoms with van der Waals surface area (Å²) in [5.74, 6) is 0.218. The molecule has 0 aliphatic rings. The Bertz CT molecular complexity index is 498. The van der Waals surface area contributed by atoms with E-state index in [1.54, 1.807) is 23.5 Å². The van der Waals surface area contributed by atoms with Gasteiger partial charge in [-0.2, -0.15) is 0 Å². The number of rotatable bonds is 3. The number of halogens is 3. The van der Waals surface area contributed by atoms with E-state index in [0.29, 0.717) is 16.8 Å². The average molecular weight is 366 g/mol. The zero-order valence-corrected chi connectivity index (χ0v) is 12.0. The summed E-state index contributed by atoms with van der Waals surface area (Å²) >= 11 is 8.07. The Morgan fingerprint density at radius 2 is 2.00 bits per heavy atom. The molecule has 0 fully saturated rings. The van der Waals surface area contributed by atoms with Crippen LogP contribution >= 0.6 is 43.2 Å². The molecule has 0 bridgehead atoms. The molecule has 1 aromatic carbocycles. The van der Waals surface area contributed by atoms with Crippen molar-refractivity contribution in [1.29, 1.82) is 0 Å². The van der Waals surface area contributed by atoms with Crippen LogP contribution in [0.2, 0.25) is 0 Å². The fourth-order valence-electron chi connectivity index (χ4n) is 1.15. The molecule has 0 amide bonds. The highest BCUT2D eigenvalue weighted by atomic mass is 79.9. The van der Waals surface area contributed by atoms with Gasteiger partial charge in [-0.1, -0.05) is 0 Å². The zero-order chi connectivity index (χ0) is 11.5. The summed E-state index contributed by atoms with van der Waals surface area (Å²) in [6.45, 7) is 0.456. The molecule has 16 heavy (non-hydrogen) atoms. The smallest absolute Gasteiger partial charge is 0.141 e. The molecule has 0 aliphatic heterocycles. The Kier molecular flexibility index (Phi) is 4.00. The van der Waals surface area contributed by atoms with Crippen LogP contribution in [0.1, 0.15) is 4.88 Å². The Hall–Kier alpha value is -0.390. The molecule has 1 aromatic heterocycles. The van der Waals surface area contributed by atoms with Gasteiger partial charge in [-0.3, -0.25) is 0 Å². The minimum absolute atomic E-state index is 0.315. The van der Waals surface area contributed by atoms with Crippen LogP contribution in [0.3, 0.4) is 0 Å². The summed E-state index contributed by atoms with van der Waals surface area (Å²) in [5.41, 5.74) is 0. The lowest BCUT2D eigenvalue weighted by molar-refractivity contribution is 0.308. The molecular weight excluding hydrogens is 359 g/mol. The molecule has 0 unspecified atom stereocenters. The maximum absolute atomic E-state index is 13.2. The van der Waals surface area contributed by atoms with Crippen molar-refractivity contribution in [3.8, 4) is 5.75 Å². The van der Waals surface area contributed by atoms with Crippen LogP contribution in [-0.4, -0.2) is 0 Å². The fraction of sp³-hybridized carbons (Fsp3) is 0.0909. The monoisotopic (exact) mass is 364 g/mol. The van der Waals surface area contributed by atoms with E-state index in [1.807, 2.05) is 12.1 Å². The van der Waals surface area contributed by atoms with Crippen molar-refractivity contribution in [2.24, 2.45) is 0 Å². The van der Waals surface area contributed by atoms with Crippen LogP contribution in [0.15, 0.2) is 38.6 Å². The molecule has 1 nitrogen and oxygen atoms in total. The van der Waals surface area contributed by atoms with E-state index in [9.17, 15) is 4.39 Å². The third kappa shape index (κ3) is 3.06. The van der Waals surface area contributed by atoms with Crippen LogP contribution in [0.25, 0.3) is 0 Å². The molecule has 0 saturated carbocycles. The van der Waals surface area contributed by atoms with Gasteiger partial charge in [-0.25, -0.2) is 4.39 Å². The molecule has 84 valence electrons. The quantitative estimate of drug-likeness (QED) is 0.744. The lowest BCUT2D eigenvalue weighted by Crippen LogP contribution is -1.93. The highest BCUT2D eigenvalue weighted by Crippen LogP contribution is 2.25. The van der Waals surface area contributed by atoms with Crippen LogP contribution in [0.5, 0.6) is 5.75 Å². The van der Waals surface area contributed by atoms with Crippen molar-refractivity contribution in [3.63, 3.8) is 0 Å². The fourth-order valence-corrected chi connectivity index (χ4v) is 2.79. The minimum Gasteiger partial charge on any atom is -0.488 e. The van der Waals surface area contributed by atoms with Gasteiger partial charge in [-0.05, 0) is 56.1 Å². The molecule has 5 heteroatoms. The Morgan fingerprint density at radius 1 is 1.19 bits per heavy atom. The molecule has 0 saturated heterocycles. The third-order valence-electron chi connectivity index (χ3n) is 1.90. The van der Waals surface area contributed by atoms with Gasteiger partial charge in [0, 0.05) is 10.9 Å². The SMILES string of the molecule is Fc1cc(OCc2ccc(Br)s2)ccc1Br. The van der Waals surface area contributed by atoms with Crippen molar-refractivity contribution in [2.45, 2.75) is 6.61 Å². The van der Waals surface area contributed by atoms with Crippen LogP contribution in [0.4, 0.5) is 4.39 Å². The van der Waals surface area contributed by atoms with Crippen molar-refractivity contribution in [3.05, 3.63) is 49.3 Å². The van der Waals surface area contributed by atoms with E-state index in [2.05, 4.69) is 31.9 Å². The Labute approximate surface area is 114 Å². The molecule has 0 atom stereocenters. The molecule has 2 rings (SSSR count). The van der Waals surface area contributed by atoms with Gasteiger partial charge in [0.1, 0.15) is 18.2 Å². The van der Waals surface area contributed by atoms with Crippen molar-refractivity contribution in [2.75, 3.05) is 0 Å². The first-order valence-corrected chi connectivity index (χ1v) is 6.87. The number of benzene rings is 1. The van der Waals surface area contributed by atoms with E-state index in [-0.39, 0.29) is 5.82 Å². The first-order chi connectivity index (χ1) is 7.65. The highest BCUT2D eigenvalue weighted by Gasteiger charge is 2.03. The number of thiophene rings is 1.